The highest BCUT2D eigenvalue weighted by atomic mass is 35.5. The van der Waals surface area contributed by atoms with Crippen molar-refractivity contribution in [3.8, 4) is 5.69 Å². The molecule has 128 valence electrons. The van der Waals surface area contributed by atoms with Crippen molar-refractivity contribution in [2.45, 2.75) is 32.2 Å². The molecule has 0 bridgehead atoms. The van der Waals surface area contributed by atoms with E-state index in [0.717, 1.165) is 36.1 Å². The van der Waals surface area contributed by atoms with Crippen LogP contribution in [-0.2, 0) is 19.4 Å². The number of aryl methyl sites for hydroxylation is 2. The molecule has 0 N–H and O–H groups in total. The highest BCUT2D eigenvalue weighted by molar-refractivity contribution is 7.18. The van der Waals surface area contributed by atoms with Crippen molar-refractivity contribution in [1.29, 1.82) is 0 Å². The van der Waals surface area contributed by atoms with E-state index in [1.165, 1.54) is 9.44 Å². The summed E-state index contributed by atoms with van der Waals surface area (Å²) in [6, 6.07) is 6.78. The second kappa shape index (κ2) is 6.32. The molecule has 1 aliphatic carbocycles. The van der Waals surface area contributed by atoms with E-state index >= 15 is 0 Å². The lowest BCUT2D eigenvalue weighted by molar-refractivity contribution is 0.697. The standard InChI is InChI=1S/C19H17ClN2O2S/c1-2-11-21-18-16(14-5-3-4-6-15(14)25-18)17(23)22(19(21)24)13-9-7-12(20)8-10-13/h2,7-10H,1,3-6,11H2. The second-order valence-electron chi connectivity index (χ2n) is 6.19. The van der Waals surface area contributed by atoms with Gasteiger partial charge in [-0.05, 0) is 55.5 Å². The van der Waals surface area contributed by atoms with Crippen LogP contribution >= 0.6 is 22.9 Å². The summed E-state index contributed by atoms with van der Waals surface area (Å²) in [6.07, 6.45) is 5.79. The largest absolute Gasteiger partial charge is 0.337 e. The van der Waals surface area contributed by atoms with Crippen LogP contribution in [0.2, 0.25) is 5.02 Å². The number of rotatable bonds is 3. The van der Waals surface area contributed by atoms with E-state index in [4.69, 9.17) is 11.6 Å². The average molecular weight is 373 g/mol. The lowest BCUT2D eigenvalue weighted by atomic mass is 9.97. The molecule has 0 aliphatic heterocycles. The molecule has 1 aromatic carbocycles. The molecule has 1 aliphatic rings. The van der Waals surface area contributed by atoms with Gasteiger partial charge in [0.25, 0.3) is 5.56 Å². The van der Waals surface area contributed by atoms with Gasteiger partial charge >= 0.3 is 5.69 Å². The summed E-state index contributed by atoms with van der Waals surface area (Å²) in [5, 5.41) is 1.26. The number of hydrogen-bond donors (Lipinski definition) is 0. The highest BCUT2D eigenvalue weighted by Crippen LogP contribution is 2.34. The number of nitrogens with zero attached hydrogens (tertiary/aromatic N) is 2. The maximum atomic E-state index is 13.2. The summed E-state index contributed by atoms with van der Waals surface area (Å²) < 4.78 is 2.91. The molecular formula is C19H17ClN2O2S. The first-order valence-electron chi connectivity index (χ1n) is 8.28. The third-order valence-electron chi connectivity index (χ3n) is 4.63. The van der Waals surface area contributed by atoms with Gasteiger partial charge in [-0.1, -0.05) is 17.7 Å². The van der Waals surface area contributed by atoms with E-state index in [0.29, 0.717) is 22.6 Å². The highest BCUT2D eigenvalue weighted by Gasteiger charge is 2.23. The van der Waals surface area contributed by atoms with Crippen molar-refractivity contribution < 1.29 is 0 Å². The quantitative estimate of drug-likeness (QED) is 0.654. The Hall–Kier alpha value is -2.11. The Kier molecular flexibility index (Phi) is 4.13. The number of hydrogen-bond acceptors (Lipinski definition) is 3. The SMILES string of the molecule is C=CCn1c(=O)n(-c2ccc(Cl)cc2)c(=O)c2c3c(sc21)CCCC3. The number of fused-ring (bicyclic) bond motifs is 3. The Bertz CT molecular complexity index is 1090. The number of allylic oxidation sites excluding steroid dienone is 1. The van der Waals surface area contributed by atoms with Crippen LogP contribution in [0.4, 0.5) is 0 Å². The van der Waals surface area contributed by atoms with Gasteiger partial charge in [-0.25, -0.2) is 9.36 Å². The molecule has 0 unspecified atom stereocenters. The van der Waals surface area contributed by atoms with E-state index in [1.807, 2.05) is 0 Å². The molecule has 0 saturated heterocycles. The van der Waals surface area contributed by atoms with Crippen LogP contribution in [0.5, 0.6) is 0 Å². The molecule has 0 amide bonds. The lowest BCUT2D eigenvalue weighted by Crippen LogP contribution is -2.38. The summed E-state index contributed by atoms with van der Waals surface area (Å²) >= 11 is 7.53. The van der Waals surface area contributed by atoms with Crippen LogP contribution in [0.1, 0.15) is 23.3 Å². The summed E-state index contributed by atoms with van der Waals surface area (Å²) in [4.78, 5) is 28.3. The fourth-order valence-corrected chi connectivity index (χ4v) is 4.98. The van der Waals surface area contributed by atoms with Crippen LogP contribution in [0.15, 0.2) is 46.5 Å². The van der Waals surface area contributed by atoms with E-state index < -0.39 is 0 Å². The topological polar surface area (TPSA) is 44.0 Å². The molecule has 4 nitrogen and oxygen atoms in total. The molecule has 2 aromatic heterocycles. The second-order valence-corrected chi connectivity index (χ2v) is 7.71. The first kappa shape index (κ1) is 16.4. The van der Waals surface area contributed by atoms with Gasteiger partial charge in [0.15, 0.2) is 0 Å². The molecule has 4 rings (SSSR count). The van der Waals surface area contributed by atoms with Crippen molar-refractivity contribution in [2.75, 3.05) is 0 Å². The van der Waals surface area contributed by atoms with Crippen LogP contribution in [0, 0.1) is 0 Å². The predicted molar refractivity (Wildman–Crippen MR) is 104 cm³/mol. The third-order valence-corrected chi connectivity index (χ3v) is 6.20. The zero-order chi connectivity index (χ0) is 17.6. The molecule has 6 heteroatoms. The minimum absolute atomic E-state index is 0.234. The molecule has 0 fully saturated rings. The van der Waals surface area contributed by atoms with Crippen LogP contribution in [0.25, 0.3) is 15.9 Å². The van der Waals surface area contributed by atoms with Gasteiger partial charge in [-0.2, -0.15) is 0 Å². The number of aromatic nitrogens is 2. The van der Waals surface area contributed by atoms with Gasteiger partial charge in [0, 0.05) is 16.4 Å². The smallest absolute Gasteiger partial charge is 0.280 e. The number of halogens is 1. The number of thiophene rings is 1. The van der Waals surface area contributed by atoms with Crippen molar-refractivity contribution in [3.05, 3.63) is 73.2 Å². The Morgan fingerprint density at radius 3 is 2.60 bits per heavy atom. The van der Waals surface area contributed by atoms with E-state index in [-0.39, 0.29) is 11.2 Å². The first-order chi connectivity index (χ1) is 12.1. The minimum atomic E-state index is -0.335. The average Bonchev–Trinajstić information content (AvgIpc) is 3.00. The monoisotopic (exact) mass is 372 g/mol. The van der Waals surface area contributed by atoms with Crippen molar-refractivity contribution in [2.24, 2.45) is 0 Å². The van der Waals surface area contributed by atoms with Gasteiger partial charge in [0.05, 0.1) is 11.1 Å². The molecule has 25 heavy (non-hydrogen) atoms. The third kappa shape index (κ3) is 2.58. The van der Waals surface area contributed by atoms with Gasteiger partial charge < -0.3 is 0 Å². The summed E-state index contributed by atoms with van der Waals surface area (Å²) in [6.45, 7) is 4.14. The van der Waals surface area contributed by atoms with Gasteiger partial charge in [0.1, 0.15) is 4.83 Å². The first-order valence-corrected chi connectivity index (χ1v) is 9.48. The van der Waals surface area contributed by atoms with Gasteiger partial charge in [0.2, 0.25) is 0 Å². The van der Waals surface area contributed by atoms with Gasteiger partial charge in [-0.3, -0.25) is 9.36 Å². The Balaban J connectivity index is 2.13. The molecule has 0 atom stereocenters. The summed E-state index contributed by atoms with van der Waals surface area (Å²) in [7, 11) is 0. The van der Waals surface area contributed by atoms with Crippen LogP contribution < -0.4 is 11.2 Å². The lowest BCUT2D eigenvalue weighted by Gasteiger charge is -2.12. The van der Waals surface area contributed by atoms with Crippen molar-refractivity contribution >= 4 is 33.2 Å². The Morgan fingerprint density at radius 1 is 1.16 bits per heavy atom. The summed E-state index contributed by atoms with van der Waals surface area (Å²) in [5.41, 5.74) is 1.09. The molecule has 0 saturated carbocycles. The number of benzene rings is 1. The van der Waals surface area contributed by atoms with Crippen molar-refractivity contribution in [3.63, 3.8) is 0 Å². The maximum Gasteiger partial charge on any atom is 0.337 e. The summed E-state index contributed by atoms with van der Waals surface area (Å²) in [5.74, 6) is 0. The van der Waals surface area contributed by atoms with E-state index in [1.54, 1.807) is 46.2 Å². The van der Waals surface area contributed by atoms with Crippen LogP contribution in [-0.4, -0.2) is 9.13 Å². The van der Waals surface area contributed by atoms with Gasteiger partial charge in [-0.15, -0.1) is 17.9 Å². The maximum absolute atomic E-state index is 13.2. The van der Waals surface area contributed by atoms with Crippen LogP contribution in [0.3, 0.4) is 0 Å². The molecule has 0 spiro atoms. The zero-order valence-corrected chi connectivity index (χ0v) is 15.2. The van der Waals surface area contributed by atoms with Crippen molar-refractivity contribution in [1.82, 2.24) is 9.13 Å². The zero-order valence-electron chi connectivity index (χ0n) is 13.6. The molecular weight excluding hydrogens is 356 g/mol. The molecule has 0 radical (unpaired) electrons. The fraction of sp³-hybridized carbons (Fsp3) is 0.263. The molecule has 2 heterocycles. The van der Waals surface area contributed by atoms with E-state index in [2.05, 4.69) is 6.58 Å². The molecule has 3 aromatic rings. The van der Waals surface area contributed by atoms with E-state index in [9.17, 15) is 9.59 Å². The Morgan fingerprint density at radius 2 is 1.88 bits per heavy atom. The fourth-order valence-electron chi connectivity index (χ4n) is 3.48. The Labute approximate surface area is 153 Å². The predicted octanol–water partition coefficient (Wildman–Crippen LogP) is 3.93. The normalized spacial score (nSPS) is 13.8. The minimum Gasteiger partial charge on any atom is -0.280 e.